The minimum atomic E-state index is 0.216. The molecular formula is C16H25NO2. The van der Waals surface area contributed by atoms with E-state index < -0.39 is 0 Å². The van der Waals surface area contributed by atoms with Crippen LogP contribution in [0.4, 0.5) is 0 Å². The summed E-state index contributed by atoms with van der Waals surface area (Å²) in [5, 5.41) is 3.59. The van der Waals surface area contributed by atoms with Crippen LogP contribution in [0.1, 0.15) is 51.6 Å². The van der Waals surface area contributed by atoms with Gasteiger partial charge in [0.15, 0.2) is 11.5 Å². The van der Waals surface area contributed by atoms with Crippen LogP contribution in [-0.2, 0) is 0 Å². The van der Waals surface area contributed by atoms with Crippen LogP contribution in [-0.4, -0.2) is 19.3 Å². The van der Waals surface area contributed by atoms with Gasteiger partial charge in [-0.05, 0) is 31.9 Å². The van der Waals surface area contributed by atoms with Crippen LogP contribution in [0.25, 0.3) is 0 Å². The van der Waals surface area contributed by atoms with E-state index in [2.05, 4.69) is 38.2 Å². The van der Waals surface area contributed by atoms with Crippen molar-refractivity contribution >= 4 is 0 Å². The predicted octanol–water partition coefficient (Wildman–Crippen LogP) is 3.69. The Morgan fingerprint density at radius 3 is 2.74 bits per heavy atom. The first-order valence-electron chi connectivity index (χ1n) is 7.47. The zero-order valence-corrected chi connectivity index (χ0v) is 12.2. The first-order chi connectivity index (χ1) is 9.31. The average Bonchev–Trinajstić information content (AvgIpc) is 2.81. The largest absolute Gasteiger partial charge is 0.490 e. The number of hydrogen-bond donors (Lipinski definition) is 1. The standard InChI is InChI=1S/C16H25NO2/c1-4-10-17-15-12-8-7-9-14(18-11-5-2)16(12)19-13(15)6-3/h7-9,13,15,17H,4-6,10-11H2,1-3H3. The molecule has 2 unspecified atom stereocenters. The SMILES string of the molecule is CCCNC1c2cccc(OCCC)c2OC1CC. The van der Waals surface area contributed by atoms with Gasteiger partial charge in [0.25, 0.3) is 0 Å². The third kappa shape index (κ3) is 3.03. The van der Waals surface area contributed by atoms with Gasteiger partial charge in [-0.1, -0.05) is 32.9 Å². The maximum atomic E-state index is 6.11. The molecule has 1 aliphatic heterocycles. The monoisotopic (exact) mass is 263 g/mol. The summed E-state index contributed by atoms with van der Waals surface area (Å²) < 4.78 is 11.9. The number of fused-ring (bicyclic) bond motifs is 1. The second-order valence-corrected chi connectivity index (χ2v) is 5.02. The molecule has 0 saturated heterocycles. The topological polar surface area (TPSA) is 30.5 Å². The van der Waals surface area contributed by atoms with Crippen molar-refractivity contribution in [1.29, 1.82) is 0 Å². The zero-order valence-electron chi connectivity index (χ0n) is 12.2. The van der Waals surface area contributed by atoms with Gasteiger partial charge < -0.3 is 14.8 Å². The molecule has 0 aliphatic carbocycles. The molecule has 1 heterocycles. The average molecular weight is 263 g/mol. The van der Waals surface area contributed by atoms with E-state index in [1.807, 2.05) is 6.07 Å². The molecule has 1 N–H and O–H groups in total. The van der Waals surface area contributed by atoms with E-state index in [9.17, 15) is 0 Å². The molecule has 0 radical (unpaired) electrons. The van der Waals surface area contributed by atoms with Crippen LogP contribution in [0, 0.1) is 0 Å². The van der Waals surface area contributed by atoms with Crippen molar-refractivity contribution in [1.82, 2.24) is 5.32 Å². The lowest BCUT2D eigenvalue weighted by molar-refractivity contribution is 0.177. The van der Waals surface area contributed by atoms with Gasteiger partial charge in [0.2, 0.25) is 0 Å². The van der Waals surface area contributed by atoms with Crippen LogP contribution >= 0.6 is 0 Å². The molecule has 19 heavy (non-hydrogen) atoms. The molecule has 0 amide bonds. The third-order valence-corrected chi connectivity index (χ3v) is 3.46. The molecule has 0 fully saturated rings. The summed E-state index contributed by atoms with van der Waals surface area (Å²) in [6, 6.07) is 6.51. The van der Waals surface area contributed by atoms with Crippen molar-refractivity contribution in [3.8, 4) is 11.5 Å². The third-order valence-electron chi connectivity index (χ3n) is 3.46. The van der Waals surface area contributed by atoms with Crippen LogP contribution in [0.3, 0.4) is 0 Å². The Balaban J connectivity index is 2.21. The maximum Gasteiger partial charge on any atom is 0.166 e. The lowest BCUT2D eigenvalue weighted by Crippen LogP contribution is -2.30. The highest BCUT2D eigenvalue weighted by molar-refractivity contribution is 5.51. The molecule has 0 aromatic heterocycles. The van der Waals surface area contributed by atoms with Gasteiger partial charge in [-0.3, -0.25) is 0 Å². The van der Waals surface area contributed by atoms with Crippen LogP contribution in [0.15, 0.2) is 18.2 Å². The predicted molar refractivity (Wildman–Crippen MR) is 78.0 cm³/mol. The lowest BCUT2D eigenvalue weighted by atomic mass is 10.0. The molecule has 2 atom stereocenters. The highest BCUT2D eigenvalue weighted by Crippen LogP contribution is 2.44. The second kappa shape index (κ2) is 6.80. The van der Waals surface area contributed by atoms with Crippen molar-refractivity contribution in [3.05, 3.63) is 23.8 Å². The Bertz CT molecular complexity index is 406. The number of benzene rings is 1. The molecule has 106 valence electrons. The summed E-state index contributed by atoms with van der Waals surface area (Å²) in [5.41, 5.74) is 1.24. The van der Waals surface area contributed by atoms with Gasteiger partial charge >= 0.3 is 0 Å². The van der Waals surface area contributed by atoms with E-state index in [1.54, 1.807) is 0 Å². The number of ether oxygens (including phenoxy) is 2. The normalized spacial score (nSPS) is 21.0. The minimum absolute atomic E-state index is 0.216. The van der Waals surface area contributed by atoms with Crippen molar-refractivity contribution in [2.45, 2.75) is 52.2 Å². The van der Waals surface area contributed by atoms with Gasteiger partial charge in [-0.2, -0.15) is 0 Å². The smallest absolute Gasteiger partial charge is 0.166 e. The molecule has 1 aromatic carbocycles. The summed E-state index contributed by atoms with van der Waals surface area (Å²) in [6.07, 6.45) is 3.36. The fourth-order valence-electron chi connectivity index (χ4n) is 2.51. The first kappa shape index (κ1) is 14.2. The van der Waals surface area contributed by atoms with E-state index in [0.29, 0.717) is 6.04 Å². The quantitative estimate of drug-likeness (QED) is 0.814. The Morgan fingerprint density at radius 2 is 2.05 bits per heavy atom. The van der Waals surface area contributed by atoms with Gasteiger partial charge in [0.1, 0.15) is 6.10 Å². The van der Waals surface area contributed by atoms with Crippen molar-refractivity contribution in [2.75, 3.05) is 13.2 Å². The van der Waals surface area contributed by atoms with Gasteiger partial charge in [-0.25, -0.2) is 0 Å². The second-order valence-electron chi connectivity index (χ2n) is 5.02. The van der Waals surface area contributed by atoms with E-state index >= 15 is 0 Å². The molecule has 3 heteroatoms. The van der Waals surface area contributed by atoms with Crippen molar-refractivity contribution < 1.29 is 9.47 Å². The van der Waals surface area contributed by atoms with Gasteiger partial charge in [-0.15, -0.1) is 0 Å². The molecular weight excluding hydrogens is 238 g/mol. The zero-order chi connectivity index (χ0) is 13.7. The molecule has 0 bridgehead atoms. The Morgan fingerprint density at radius 1 is 1.21 bits per heavy atom. The summed E-state index contributed by atoms with van der Waals surface area (Å²) >= 11 is 0. The molecule has 0 spiro atoms. The van der Waals surface area contributed by atoms with E-state index in [1.165, 1.54) is 5.56 Å². The lowest BCUT2D eigenvalue weighted by Gasteiger charge is -2.18. The summed E-state index contributed by atoms with van der Waals surface area (Å²) in [4.78, 5) is 0. The molecule has 1 aromatic rings. The molecule has 3 nitrogen and oxygen atoms in total. The summed E-state index contributed by atoms with van der Waals surface area (Å²) in [6.45, 7) is 8.23. The van der Waals surface area contributed by atoms with Gasteiger partial charge in [0, 0.05) is 5.56 Å². The molecule has 1 aliphatic rings. The Hall–Kier alpha value is -1.22. The number of nitrogens with one attached hydrogen (secondary N) is 1. The Labute approximate surface area is 116 Å². The highest BCUT2D eigenvalue weighted by atomic mass is 16.5. The number of rotatable bonds is 7. The van der Waals surface area contributed by atoms with E-state index in [4.69, 9.17) is 9.47 Å². The summed E-state index contributed by atoms with van der Waals surface area (Å²) in [5.74, 6) is 1.83. The van der Waals surface area contributed by atoms with Crippen molar-refractivity contribution in [3.63, 3.8) is 0 Å². The maximum absolute atomic E-state index is 6.11. The number of hydrogen-bond acceptors (Lipinski definition) is 3. The van der Waals surface area contributed by atoms with Gasteiger partial charge in [0.05, 0.1) is 12.6 Å². The fraction of sp³-hybridized carbons (Fsp3) is 0.625. The van der Waals surface area contributed by atoms with Crippen LogP contribution in [0.2, 0.25) is 0 Å². The van der Waals surface area contributed by atoms with Crippen LogP contribution in [0.5, 0.6) is 11.5 Å². The molecule has 2 rings (SSSR count). The molecule has 0 saturated carbocycles. The summed E-state index contributed by atoms with van der Waals surface area (Å²) in [7, 11) is 0. The first-order valence-corrected chi connectivity index (χ1v) is 7.47. The van der Waals surface area contributed by atoms with Crippen LogP contribution < -0.4 is 14.8 Å². The Kier molecular flexibility index (Phi) is 5.08. The van der Waals surface area contributed by atoms with E-state index in [-0.39, 0.29) is 6.10 Å². The van der Waals surface area contributed by atoms with Crippen molar-refractivity contribution in [2.24, 2.45) is 0 Å². The highest BCUT2D eigenvalue weighted by Gasteiger charge is 2.34. The minimum Gasteiger partial charge on any atom is -0.490 e. The number of para-hydroxylation sites is 1. The fourth-order valence-corrected chi connectivity index (χ4v) is 2.51. The van der Waals surface area contributed by atoms with E-state index in [0.717, 1.165) is 43.9 Å².